The fourth-order valence-corrected chi connectivity index (χ4v) is 4.44. The van der Waals surface area contributed by atoms with Crippen LogP contribution in [0, 0.1) is 15.9 Å². The lowest BCUT2D eigenvalue weighted by atomic mass is 10.1. The van der Waals surface area contributed by atoms with Crippen LogP contribution in [0.5, 0.6) is 0 Å². The van der Waals surface area contributed by atoms with Crippen molar-refractivity contribution in [3.63, 3.8) is 0 Å². The third-order valence-corrected chi connectivity index (χ3v) is 6.34. The molecule has 0 aliphatic carbocycles. The van der Waals surface area contributed by atoms with Gasteiger partial charge in [0.05, 0.1) is 4.92 Å². The maximum atomic E-state index is 14.1. The van der Waals surface area contributed by atoms with Crippen LogP contribution in [0.25, 0.3) is 0 Å². The van der Waals surface area contributed by atoms with Gasteiger partial charge in [0.25, 0.3) is 11.6 Å². The molecule has 0 saturated carbocycles. The van der Waals surface area contributed by atoms with Crippen molar-refractivity contribution in [1.82, 2.24) is 9.80 Å². The first-order chi connectivity index (χ1) is 14.9. The Bertz CT molecular complexity index is 968. The van der Waals surface area contributed by atoms with Gasteiger partial charge in [0.1, 0.15) is 11.4 Å². The van der Waals surface area contributed by atoms with Gasteiger partial charge in [0, 0.05) is 68.2 Å². The van der Waals surface area contributed by atoms with E-state index in [-0.39, 0.29) is 23.0 Å². The van der Waals surface area contributed by atoms with Crippen LogP contribution in [0.15, 0.2) is 36.4 Å². The summed E-state index contributed by atoms with van der Waals surface area (Å²) < 4.78 is 14.1. The van der Waals surface area contributed by atoms with E-state index < -0.39 is 4.92 Å². The number of benzene rings is 2. The third kappa shape index (κ3) is 4.65. The lowest BCUT2D eigenvalue weighted by Gasteiger charge is -2.36. The van der Waals surface area contributed by atoms with Gasteiger partial charge in [-0.25, -0.2) is 4.39 Å². The van der Waals surface area contributed by atoms with Crippen LogP contribution in [-0.2, 0) is 6.54 Å². The van der Waals surface area contributed by atoms with Gasteiger partial charge in [-0.15, -0.1) is 0 Å². The summed E-state index contributed by atoms with van der Waals surface area (Å²) >= 11 is 6.15. The monoisotopic (exact) mass is 446 g/mol. The molecular weight excluding hydrogens is 423 g/mol. The summed E-state index contributed by atoms with van der Waals surface area (Å²) in [4.78, 5) is 29.8. The van der Waals surface area contributed by atoms with Crippen molar-refractivity contribution in [2.45, 2.75) is 19.4 Å². The van der Waals surface area contributed by atoms with E-state index in [2.05, 4.69) is 9.80 Å². The molecule has 0 aromatic heterocycles. The maximum Gasteiger partial charge on any atom is 0.282 e. The summed E-state index contributed by atoms with van der Waals surface area (Å²) in [6.07, 6.45) is 1.85. The van der Waals surface area contributed by atoms with Crippen LogP contribution in [0.1, 0.15) is 28.8 Å². The van der Waals surface area contributed by atoms with E-state index in [1.807, 2.05) is 0 Å². The van der Waals surface area contributed by atoms with Crippen LogP contribution < -0.4 is 4.90 Å². The average molecular weight is 447 g/mol. The molecule has 9 heteroatoms. The second-order valence-corrected chi connectivity index (χ2v) is 8.33. The predicted octanol–water partition coefficient (Wildman–Crippen LogP) is 3.95. The smallest absolute Gasteiger partial charge is 0.282 e. The van der Waals surface area contributed by atoms with Gasteiger partial charge in [0.15, 0.2) is 0 Å². The van der Waals surface area contributed by atoms with E-state index in [1.165, 1.54) is 12.1 Å². The topological polar surface area (TPSA) is 69.9 Å². The van der Waals surface area contributed by atoms with Crippen LogP contribution >= 0.6 is 11.6 Å². The van der Waals surface area contributed by atoms with Crippen molar-refractivity contribution in [3.05, 3.63) is 68.5 Å². The van der Waals surface area contributed by atoms with E-state index in [9.17, 15) is 19.3 Å². The number of piperazine rings is 1. The summed E-state index contributed by atoms with van der Waals surface area (Å²) in [5.74, 6) is -0.589. The second kappa shape index (κ2) is 9.20. The molecule has 4 rings (SSSR count). The first kappa shape index (κ1) is 21.5. The van der Waals surface area contributed by atoms with E-state index in [1.54, 1.807) is 29.2 Å². The molecule has 0 bridgehead atoms. The predicted molar refractivity (Wildman–Crippen MR) is 117 cm³/mol. The number of hydrogen-bond acceptors (Lipinski definition) is 5. The van der Waals surface area contributed by atoms with Gasteiger partial charge in [-0.2, -0.15) is 0 Å². The van der Waals surface area contributed by atoms with E-state index >= 15 is 0 Å². The molecule has 164 valence electrons. The Morgan fingerprint density at radius 1 is 1.06 bits per heavy atom. The van der Waals surface area contributed by atoms with Crippen molar-refractivity contribution in [1.29, 1.82) is 0 Å². The molecule has 0 radical (unpaired) electrons. The minimum Gasteiger partial charge on any atom is -0.369 e. The molecule has 2 saturated heterocycles. The Labute approximate surface area is 185 Å². The van der Waals surface area contributed by atoms with Crippen LogP contribution in [-0.4, -0.2) is 59.9 Å². The van der Waals surface area contributed by atoms with Gasteiger partial charge in [0.2, 0.25) is 0 Å². The number of carbonyl (C=O) groups excluding carboxylic acids is 1. The summed E-state index contributed by atoms with van der Waals surface area (Å²) in [7, 11) is 0. The Morgan fingerprint density at radius 2 is 1.77 bits per heavy atom. The number of rotatable bonds is 5. The molecule has 0 unspecified atom stereocenters. The highest BCUT2D eigenvalue weighted by molar-refractivity contribution is 6.31. The van der Waals surface area contributed by atoms with Crippen molar-refractivity contribution in [3.8, 4) is 0 Å². The number of nitro groups is 1. The van der Waals surface area contributed by atoms with Crippen molar-refractivity contribution >= 4 is 28.9 Å². The number of halogens is 2. The number of amides is 1. The third-order valence-electron chi connectivity index (χ3n) is 5.98. The van der Waals surface area contributed by atoms with E-state index in [0.717, 1.165) is 18.5 Å². The Hall–Kier alpha value is -2.71. The van der Waals surface area contributed by atoms with Crippen LogP contribution in [0.4, 0.5) is 15.8 Å². The van der Waals surface area contributed by atoms with Crippen LogP contribution in [0.2, 0.25) is 5.02 Å². The fourth-order valence-electron chi connectivity index (χ4n) is 4.21. The molecule has 2 aromatic rings. The van der Waals surface area contributed by atoms with Gasteiger partial charge in [-0.3, -0.25) is 19.8 Å². The van der Waals surface area contributed by atoms with Crippen molar-refractivity contribution < 1.29 is 14.1 Å². The summed E-state index contributed by atoms with van der Waals surface area (Å²) in [5, 5.41) is 11.9. The normalized spacial score (nSPS) is 17.2. The molecule has 2 aromatic carbocycles. The average Bonchev–Trinajstić information content (AvgIpc) is 3.31. The number of hydrogen-bond donors (Lipinski definition) is 0. The zero-order chi connectivity index (χ0) is 22.0. The first-order valence-electron chi connectivity index (χ1n) is 10.4. The summed E-state index contributed by atoms with van der Waals surface area (Å²) in [6.45, 7) is 4.42. The highest BCUT2D eigenvalue weighted by atomic mass is 35.5. The van der Waals surface area contributed by atoms with Gasteiger partial charge < -0.3 is 9.80 Å². The number of anilines is 1. The standard InChI is InChI=1S/C22H24ClFN4O3/c23-19-4-3-5-20(24)18(19)15-25-10-12-26(13-11-25)16-6-7-21(28(30)31)17(14-16)22(29)27-8-1-2-9-27/h3-7,14H,1-2,8-13,15H2. The molecule has 2 aliphatic heterocycles. The minimum atomic E-state index is -0.497. The molecule has 0 N–H and O–H groups in total. The highest BCUT2D eigenvalue weighted by Crippen LogP contribution is 2.29. The molecule has 0 atom stereocenters. The number of carbonyl (C=O) groups is 1. The minimum absolute atomic E-state index is 0.143. The largest absolute Gasteiger partial charge is 0.369 e. The summed E-state index contributed by atoms with van der Waals surface area (Å²) in [6, 6.07) is 9.45. The second-order valence-electron chi connectivity index (χ2n) is 7.92. The molecular formula is C22H24ClFN4O3. The zero-order valence-electron chi connectivity index (χ0n) is 17.1. The van der Waals surface area contributed by atoms with E-state index in [4.69, 9.17) is 11.6 Å². The molecule has 2 fully saturated rings. The molecule has 7 nitrogen and oxygen atoms in total. The summed E-state index contributed by atoms with van der Waals surface area (Å²) in [5.41, 5.74) is 1.27. The highest BCUT2D eigenvalue weighted by Gasteiger charge is 2.28. The van der Waals surface area contributed by atoms with Gasteiger partial charge >= 0.3 is 0 Å². The molecule has 0 spiro atoms. The first-order valence-corrected chi connectivity index (χ1v) is 10.8. The van der Waals surface area contributed by atoms with Crippen LogP contribution in [0.3, 0.4) is 0 Å². The van der Waals surface area contributed by atoms with Gasteiger partial charge in [-0.05, 0) is 37.1 Å². The quantitative estimate of drug-likeness (QED) is 0.514. The molecule has 1 amide bonds. The SMILES string of the molecule is O=C(c1cc(N2CCN(Cc3c(F)cccc3Cl)CC2)ccc1[N+](=O)[O-])N1CCCC1. The van der Waals surface area contributed by atoms with E-state index in [0.29, 0.717) is 56.4 Å². The molecule has 31 heavy (non-hydrogen) atoms. The Kier molecular flexibility index (Phi) is 6.38. The molecule has 2 heterocycles. The Balaban J connectivity index is 1.47. The fraction of sp³-hybridized carbons (Fsp3) is 0.409. The maximum absolute atomic E-state index is 14.1. The van der Waals surface area contributed by atoms with Crippen molar-refractivity contribution in [2.75, 3.05) is 44.2 Å². The number of nitrogens with zero attached hydrogens (tertiary/aromatic N) is 4. The lowest BCUT2D eigenvalue weighted by molar-refractivity contribution is -0.385. The molecule has 2 aliphatic rings. The van der Waals surface area contributed by atoms with Crippen molar-refractivity contribution in [2.24, 2.45) is 0 Å². The number of nitro benzene ring substituents is 1. The zero-order valence-corrected chi connectivity index (χ0v) is 17.9. The lowest BCUT2D eigenvalue weighted by Crippen LogP contribution is -2.46. The van der Waals surface area contributed by atoms with Gasteiger partial charge in [-0.1, -0.05) is 17.7 Å². The number of likely N-dealkylation sites (tertiary alicyclic amines) is 1. The Morgan fingerprint density at radius 3 is 2.42 bits per heavy atom.